The van der Waals surface area contributed by atoms with Crippen LogP contribution >= 0.6 is 0 Å². The molecule has 5 N–H and O–H groups in total. The minimum Gasteiger partial charge on any atom is -0.491 e. The smallest absolute Gasteiger partial charge is 0.305 e. The fourth-order valence-corrected chi connectivity index (χ4v) is 5.95. The lowest BCUT2D eigenvalue weighted by Crippen LogP contribution is -2.39. The molecule has 1 aliphatic heterocycles. The second kappa shape index (κ2) is 22.7. The van der Waals surface area contributed by atoms with E-state index in [1.54, 1.807) is 30.3 Å². The second-order valence-corrected chi connectivity index (χ2v) is 12.8. The molecule has 0 unspecified atom stereocenters. The summed E-state index contributed by atoms with van der Waals surface area (Å²) in [5, 5.41) is 23.2. The summed E-state index contributed by atoms with van der Waals surface area (Å²) in [7, 11) is 0. The van der Waals surface area contributed by atoms with Gasteiger partial charge in [0.1, 0.15) is 12.4 Å². The Labute approximate surface area is 326 Å². The quantitative estimate of drug-likeness (QED) is 0.0619. The number of carboxylic acid groups (broad SMARTS) is 1. The molecule has 1 heterocycles. The third-order valence-corrected chi connectivity index (χ3v) is 8.64. The summed E-state index contributed by atoms with van der Waals surface area (Å²) in [6.07, 6.45) is 0.665. The van der Waals surface area contributed by atoms with Crippen molar-refractivity contribution in [2.75, 3.05) is 84.4 Å². The lowest BCUT2D eigenvalue weighted by molar-refractivity contribution is -0.137. The molecule has 0 aliphatic carbocycles. The van der Waals surface area contributed by atoms with Crippen LogP contribution in [-0.4, -0.2) is 108 Å². The molecular weight excluding hydrogens is 718 g/mol. The maximum atomic E-state index is 12.9. The van der Waals surface area contributed by atoms with Gasteiger partial charge in [0.25, 0.3) is 5.91 Å². The highest BCUT2D eigenvalue weighted by atomic mass is 16.6. The van der Waals surface area contributed by atoms with Crippen LogP contribution in [-0.2, 0) is 28.5 Å². The minimum absolute atomic E-state index is 0.328. The summed E-state index contributed by atoms with van der Waals surface area (Å²) < 4.78 is 28.2. The van der Waals surface area contributed by atoms with E-state index in [1.165, 1.54) is 0 Å². The van der Waals surface area contributed by atoms with E-state index in [-0.39, 0.29) is 13.0 Å². The van der Waals surface area contributed by atoms with E-state index in [0.29, 0.717) is 82.2 Å². The fraction of sp³-hybridized carbons (Fsp3) is 0.381. The summed E-state index contributed by atoms with van der Waals surface area (Å²) in [5.41, 5.74) is 3.54. The number of rotatable bonds is 24. The number of hydrogen-bond acceptors (Lipinski definition) is 11. The molecule has 56 heavy (non-hydrogen) atoms. The molecule has 14 nitrogen and oxygen atoms in total. The maximum absolute atomic E-state index is 12.9. The Bertz CT molecular complexity index is 1900. The van der Waals surface area contributed by atoms with E-state index < -0.39 is 23.8 Å². The number of carbonyl (C=O) groups excluding carboxylic acids is 2. The summed E-state index contributed by atoms with van der Waals surface area (Å²) >= 11 is 0. The van der Waals surface area contributed by atoms with Crippen LogP contribution < -0.4 is 26.0 Å². The van der Waals surface area contributed by atoms with Gasteiger partial charge in [-0.2, -0.15) is 0 Å². The van der Waals surface area contributed by atoms with Crippen LogP contribution in [0.2, 0.25) is 0 Å². The average molecular weight is 770 g/mol. The number of hydrogen-bond donors (Lipinski definition) is 5. The number of fused-ring (bicyclic) bond motifs is 1. The van der Waals surface area contributed by atoms with E-state index in [0.717, 1.165) is 47.2 Å². The standard InChI is InChI=1S/C42H51N5O9/c1-2-18-52-19-20-53-21-22-54-23-24-55-25-26-56-38-15-14-34(35-8-3-4-9-36(35)38)30-10-12-31(13-11-30)37(28-40(49)50)47-39(48)29-45-41(51)32-6-5-7-33(27-32)46-42-43-16-17-44-42/h3-15,27,37H,2,16-26,28-29H2,1H3,(H,45,51)(H,47,48)(H,49,50)(H2,43,44,46)/t37-/m0/s1. The Morgan fingerprint density at radius 1 is 0.786 bits per heavy atom. The van der Waals surface area contributed by atoms with E-state index >= 15 is 0 Å². The van der Waals surface area contributed by atoms with E-state index in [9.17, 15) is 19.5 Å². The van der Waals surface area contributed by atoms with E-state index in [2.05, 4.69) is 33.2 Å². The topological polar surface area (TPSA) is 178 Å². The van der Waals surface area contributed by atoms with Crippen molar-refractivity contribution < 1.29 is 43.2 Å². The van der Waals surface area contributed by atoms with Crippen molar-refractivity contribution in [2.24, 2.45) is 4.99 Å². The van der Waals surface area contributed by atoms with Gasteiger partial charge in [-0.25, -0.2) is 0 Å². The Morgan fingerprint density at radius 3 is 2.12 bits per heavy atom. The summed E-state index contributed by atoms with van der Waals surface area (Å²) in [5.74, 6) is -0.659. The lowest BCUT2D eigenvalue weighted by Gasteiger charge is -2.19. The SMILES string of the molecule is CCCOCCOCCOCCOCCOc1ccc(-c2ccc([C@H](CC(=O)O)NC(=O)CNC(=O)c3cccc(NC4=NCCN4)c3)cc2)c2ccccc12. The molecule has 0 saturated carbocycles. The average Bonchev–Trinajstić information content (AvgIpc) is 3.73. The first-order chi connectivity index (χ1) is 27.4. The molecule has 0 saturated heterocycles. The first kappa shape index (κ1) is 41.6. The lowest BCUT2D eigenvalue weighted by atomic mass is 9.95. The van der Waals surface area contributed by atoms with E-state index in [4.69, 9.17) is 23.7 Å². The molecule has 298 valence electrons. The van der Waals surface area contributed by atoms with Crippen LogP contribution in [0, 0.1) is 0 Å². The minimum atomic E-state index is -1.07. The van der Waals surface area contributed by atoms with Crippen molar-refractivity contribution in [3.63, 3.8) is 0 Å². The molecule has 0 bridgehead atoms. The van der Waals surface area contributed by atoms with Crippen molar-refractivity contribution in [2.45, 2.75) is 25.8 Å². The number of ether oxygens (including phenoxy) is 5. The highest BCUT2D eigenvalue weighted by Gasteiger charge is 2.20. The van der Waals surface area contributed by atoms with Crippen molar-refractivity contribution >= 4 is 40.2 Å². The highest BCUT2D eigenvalue weighted by Crippen LogP contribution is 2.35. The van der Waals surface area contributed by atoms with E-state index in [1.807, 2.05) is 54.6 Å². The van der Waals surface area contributed by atoms with Gasteiger partial charge in [0.2, 0.25) is 5.91 Å². The molecule has 5 rings (SSSR count). The van der Waals surface area contributed by atoms with Crippen LogP contribution in [0.4, 0.5) is 5.69 Å². The number of carbonyl (C=O) groups is 3. The van der Waals surface area contributed by atoms with Gasteiger partial charge in [-0.15, -0.1) is 0 Å². The third kappa shape index (κ3) is 13.3. The number of guanidine groups is 1. The Balaban J connectivity index is 1.10. The summed E-state index contributed by atoms with van der Waals surface area (Å²) in [6, 6.07) is 25.3. The van der Waals surface area contributed by atoms with Crippen LogP contribution in [0.25, 0.3) is 21.9 Å². The molecule has 0 radical (unpaired) electrons. The van der Waals surface area contributed by atoms with Crippen LogP contribution in [0.15, 0.2) is 89.9 Å². The van der Waals surface area contributed by atoms with Gasteiger partial charge >= 0.3 is 5.97 Å². The van der Waals surface area contributed by atoms with Crippen molar-refractivity contribution in [1.82, 2.24) is 16.0 Å². The predicted molar refractivity (Wildman–Crippen MR) is 214 cm³/mol. The van der Waals surface area contributed by atoms with Gasteiger partial charge in [-0.05, 0) is 52.8 Å². The number of benzene rings is 4. The van der Waals surface area contributed by atoms with Crippen molar-refractivity contribution in [1.29, 1.82) is 0 Å². The van der Waals surface area contributed by atoms with Crippen LogP contribution in [0.5, 0.6) is 5.75 Å². The molecule has 0 fully saturated rings. The van der Waals surface area contributed by atoms with Gasteiger partial charge in [0.15, 0.2) is 5.96 Å². The molecule has 4 aromatic rings. The molecule has 1 atom stereocenters. The van der Waals surface area contributed by atoms with Gasteiger partial charge in [-0.3, -0.25) is 19.4 Å². The number of nitrogens with one attached hydrogen (secondary N) is 4. The fourth-order valence-electron chi connectivity index (χ4n) is 5.95. The highest BCUT2D eigenvalue weighted by molar-refractivity contribution is 6.01. The largest absolute Gasteiger partial charge is 0.491 e. The number of amides is 2. The normalized spacial score (nSPS) is 12.8. The molecule has 0 aromatic heterocycles. The molecule has 4 aromatic carbocycles. The molecule has 2 amide bonds. The number of aliphatic imine (C=N–C) groups is 1. The number of nitrogens with zero attached hydrogens (tertiary/aromatic N) is 1. The summed E-state index contributed by atoms with van der Waals surface area (Å²) in [6.45, 7) is 7.80. The first-order valence-corrected chi connectivity index (χ1v) is 18.9. The van der Waals surface area contributed by atoms with Gasteiger partial charge in [0, 0.05) is 29.8 Å². The van der Waals surface area contributed by atoms with Gasteiger partial charge < -0.3 is 50.1 Å². The molecule has 14 heteroatoms. The zero-order valence-corrected chi connectivity index (χ0v) is 31.7. The monoisotopic (exact) mass is 769 g/mol. The summed E-state index contributed by atoms with van der Waals surface area (Å²) in [4.78, 5) is 41.8. The van der Waals surface area contributed by atoms with Crippen molar-refractivity contribution in [3.05, 3.63) is 96.1 Å². The predicted octanol–water partition coefficient (Wildman–Crippen LogP) is 4.80. The van der Waals surface area contributed by atoms with Crippen LogP contribution in [0.3, 0.4) is 0 Å². The molecule has 1 aliphatic rings. The third-order valence-electron chi connectivity index (χ3n) is 8.64. The number of anilines is 1. The van der Waals surface area contributed by atoms with Gasteiger partial charge in [-0.1, -0.05) is 67.6 Å². The molecule has 0 spiro atoms. The maximum Gasteiger partial charge on any atom is 0.305 e. The van der Waals surface area contributed by atoms with Gasteiger partial charge in [0.05, 0.1) is 71.8 Å². The zero-order chi connectivity index (χ0) is 39.4. The Morgan fingerprint density at radius 2 is 1.46 bits per heavy atom. The second-order valence-electron chi connectivity index (χ2n) is 12.8. The Hall–Kier alpha value is -5.54. The first-order valence-electron chi connectivity index (χ1n) is 18.9. The number of carboxylic acids is 1. The zero-order valence-electron chi connectivity index (χ0n) is 31.7. The number of aliphatic carboxylic acids is 1. The van der Waals surface area contributed by atoms with Crippen LogP contribution in [0.1, 0.15) is 41.7 Å². The Kier molecular flexibility index (Phi) is 16.9. The molecular formula is C42H51N5O9. The van der Waals surface area contributed by atoms with Crippen molar-refractivity contribution in [3.8, 4) is 16.9 Å².